The smallest absolute Gasteiger partial charge is 0.241 e. The zero-order valence-corrected chi connectivity index (χ0v) is 17.6. The van der Waals surface area contributed by atoms with E-state index in [4.69, 9.17) is 16.3 Å². The molecular formula is C21H26ClN3O3. The number of hydrogen-bond donors (Lipinski definition) is 2. The number of ether oxygens (including phenoxy) is 1. The van der Waals surface area contributed by atoms with Crippen molar-refractivity contribution in [1.29, 1.82) is 0 Å². The van der Waals surface area contributed by atoms with Crippen LogP contribution in [0.4, 0.5) is 11.4 Å². The Morgan fingerprint density at radius 2 is 1.82 bits per heavy atom. The molecule has 2 amide bonds. The van der Waals surface area contributed by atoms with Gasteiger partial charge in [-0.15, -0.1) is 0 Å². The highest BCUT2D eigenvalue weighted by atomic mass is 35.5. The quantitative estimate of drug-likeness (QED) is 0.736. The Labute approximate surface area is 170 Å². The molecule has 6 nitrogen and oxygen atoms in total. The zero-order chi connectivity index (χ0) is 20.8. The van der Waals surface area contributed by atoms with E-state index in [9.17, 15) is 9.59 Å². The number of amides is 2. The van der Waals surface area contributed by atoms with E-state index >= 15 is 0 Å². The van der Waals surface area contributed by atoms with Crippen molar-refractivity contribution in [3.05, 3.63) is 52.5 Å². The van der Waals surface area contributed by atoms with Crippen LogP contribution in [-0.4, -0.2) is 43.5 Å². The third kappa shape index (κ3) is 5.71. The van der Waals surface area contributed by atoms with Gasteiger partial charge in [-0.25, -0.2) is 0 Å². The molecule has 0 unspecified atom stereocenters. The summed E-state index contributed by atoms with van der Waals surface area (Å²) in [6, 6.07) is 10.3. The Bertz CT molecular complexity index is 870. The van der Waals surface area contributed by atoms with E-state index in [1.807, 2.05) is 32.0 Å². The summed E-state index contributed by atoms with van der Waals surface area (Å²) in [6.45, 7) is 5.72. The van der Waals surface area contributed by atoms with Crippen LogP contribution in [0.2, 0.25) is 5.02 Å². The average Bonchev–Trinajstić information content (AvgIpc) is 2.64. The monoisotopic (exact) mass is 403 g/mol. The van der Waals surface area contributed by atoms with E-state index in [2.05, 4.69) is 10.6 Å². The standard InChI is InChI=1S/C21H26ClN3O3/c1-13-6-7-14(2)17(10-13)23-20(26)12-25(4)15(3)21(27)24-18-11-16(22)8-9-19(18)28-5/h6-11,15H,12H2,1-5H3,(H,23,26)(H,24,27)/t15-/m0/s1. The summed E-state index contributed by atoms with van der Waals surface area (Å²) < 4.78 is 5.24. The van der Waals surface area contributed by atoms with Gasteiger partial charge in [0.1, 0.15) is 5.75 Å². The van der Waals surface area contributed by atoms with Crippen molar-refractivity contribution in [2.24, 2.45) is 0 Å². The predicted molar refractivity (Wildman–Crippen MR) is 113 cm³/mol. The Kier molecular flexibility index (Phi) is 7.43. The number of anilines is 2. The van der Waals surface area contributed by atoms with Crippen molar-refractivity contribution in [3.8, 4) is 5.75 Å². The van der Waals surface area contributed by atoms with E-state index < -0.39 is 6.04 Å². The van der Waals surface area contributed by atoms with Gasteiger partial charge < -0.3 is 15.4 Å². The molecule has 2 aromatic carbocycles. The highest BCUT2D eigenvalue weighted by molar-refractivity contribution is 6.31. The Hall–Kier alpha value is -2.57. The van der Waals surface area contributed by atoms with Gasteiger partial charge in [-0.05, 0) is 63.2 Å². The lowest BCUT2D eigenvalue weighted by molar-refractivity contribution is -0.122. The van der Waals surface area contributed by atoms with Crippen LogP contribution in [-0.2, 0) is 9.59 Å². The lowest BCUT2D eigenvalue weighted by Crippen LogP contribution is -2.43. The van der Waals surface area contributed by atoms with Crippen LogP contribution < -0.4 is 15.4 Å². The second-order valence-corrected chi connectivity index (χ2v) is 7.23. The number of nitrogens with zero attached hydrogens (tertiary/aromatic N) is 1. The molecule has 0 heterocycles. The highest BCUT2D eigenvalue weighted by Gasteiger charge is 2.21. The topological polar surface area (TPSA) is 70.7 Å². The molecule has 0 aliphatic rings. The number of nitrogens with one attached hydrogen (secondary N) is 2. The summed E-state index contributed by atoms with van der Waals surface area (Å²) in [4.78, 5) is 26.7. The van der Waals surface area contributed by atoms with Crippen LogP contribution in [0.5, 0.6) is 5.75 Å². The van der Waals surface area contributed by atoms with Crippen LogP contribution in [0.25, 0.3) is 0 Å². The lowest BCUT2D eigenvalue weighted by Gasteiger charge is -2.24. The summed E-state index contributed by atoms with van der Waals surface area (Å²) in [5.41, 5.74) is 3.32. The van der Waals surface area contributed by atoms with Gasteiger partial charge in [0.2, 0.25) is 11.8 Å². The summed E-state index contributed by atoms with van der Waals surface area (Å²) >= 11 is 6.00. The fourth-order valence-electron chi connectivity index (χ4n) is 2.64. The summed E-state index contributed by atoms with van der Waals surface area (Å²) in [6.07, 6.45) is 0. The van der Waals surface area contributed by atoms with Crippen molar-refractivity contribution in [2.75, 3.05) is 31.3 Å². The third-order valence-electron chi connectivity index (χ3n) is 4.52. The number of carbonyl (C=O) groups is 2. The maximum Gasteiger partial charge on any atom is 0.241 e. The number of aryl methyl sites for hydroxylation is 2. The molecule has 1 atom stereocenters. The lowest BCUT2D eigenvalue weighted by atomic mass is 10.1. The fraction of sp³-hybridized carbons (Fsp3) is 0.333. The number of benzene rings is 2. The average molecular weight is 404 g/mol. The summed E-state index contributed by atoms with van der Waals surface area (Å²) in [7, 11) is 3.24. The maximum absolute atomic E-state index is 12.6. The normalized spacial score (nSPS) is 11.8. The summed E-state index contributed by atoms with van der Waals surface area (Å²) in [5, 5.41) is 6.19. The van der Waals surface area contributed by atoms with E-state index in [1.165, 1.54) is 7.11 Å². The van der Waals surface area contributed by atoms with Gasteiger partial charge in [0, 0.05) is 10.7 Å². The number of likely N-dealkylation sites (N-methyl/N-ethyl adjacent to an activating group) is 1. The van der Waals surface area contributed by atoms with E-state index in [0.717, 1.165) is 16.8 Å². The Morgan fingerprint density at radius 1 is 1.11 bits per heavy atom. The van der Waals surface area contributed by atoms with Crippen molar-refractivity contribution in [3.63, 3.8) is 0 Å². The second kappa shape index (κ2) is 9.57. The van der Waals surface area contributed by atoms with Crippen molar-refractivity contribution < 1.29 is 14.3 Å². The third-order valence-corrected chi connectivity index (χ3v) is 4.76. The molecule has 7 heteroatoms. The molecule has 28 heavy (non-hydrogen) atoms. The fourth-order valence-corrected chi connectivity index (χ4v) is 2.81. The minimum Gasteiger partial charge on any atom is -0.495 e. The largest absolute Gasteiger partial charge is 0.495 e. The SMILES string of the molecule is COc1ccc(Cl)cc1NC(=O)[C@H](C)N(C)CC(=O)Nc1cc(C)ccc1C. The van der Waals surface area contributed by atoms with Crippen molar-refractivity contribution in [1.82, 2.24) is 4.90 Å². The zero-order valence-electron chi connectivity index (χ0n) is 16.8. The molecular weight excluding hydrogens is 378 g/mol. The minimum atomic E-state index is -0.534. The molecule has 150 valence electrons. The second-order valence-electron chi connectivity index (χ2n) is 6.79. The molecule has 2 rings (SSSR count). The molecule has 0 spiro atoms. The highest BCUT2D eigenvalue weighted by Crippen LogP contribution is 2.27. The molecule has 2 aromatic rings. The molecule has 0 fully saturated rings. The van der Waals surface area contributed by atoms with Crippen LogP contribution in [0.3, 0.4) is 0 Å². The molecule has 0 aromatic heterocycles. The van der Waals surface area contributed by atoms with Crippen LogP contribution in [0, 0.1) is 13.8 Å². The van der Waals surface area contributed by atoms with Crippen LogP contribution in [0.1, 0.15) is 18.1 Å². The minimum absolute atomic E-state index is 0.0780. The number of halogens is 1. The van der Waals surface area contributed by atoms with E-state index in [1.54, 1.807) is 37.1 Å². The molecule has 0 aliphatic carbocycles. The van der Waals surface area contributed by atoms with Crippen molar-refractivity contribution >= 4 is 34.8 Å². The van der Waals surface area contributed by atoms with Gasteiger partial charge >= 0.3 is 0 Å². The van der Waals surface area contributed by atoms with E-state index in [-0.39, 0.29) is 18.4 Å². The van der Waals surface area contributed by atoms with Crippen molar-refractivity contribution in [2.45, 2.75) is 26.8 Å². The first-order valence-corrected chi connectivity index (χ1v) is 9.30. The number of rotatable bonds is 7. The number of carbonyl (C=O) groups excluding carboxylic acids is 2. The Morgan fingerprint density at radius 3 is 2.50 bits per heavy atom. The number of methoxy groups -OCH3 is 1. The van der Waals surface area contributed by atoms with Gasteiger partial charge in [0.15, 0.2) is 0 Å². The molecule has 2 N–H and O–H groups in total. The molecule has 0 saturated carbocycles. The Balaban J connectivity index is 1.98. The first kappa shape index (κ1) is 21.7. The van der Waals surface area contributed by atoms with Gasteiger partial charge in [-0.2, -0.15) is 0 Å². The van der Waals surface area contributed by atoms with Gasteiger partial charge in [-0.1, -0.05) is 23.7 Å². The molecule has 0 bridgehead atoms. The first-order chi connectivity index (χ1) is 13.2. The molecule has 0 radical (unpaired) electrons. The predicted octanol–water partition coefficient (Wildman–Crippen LogP) is 3.86. The van der Waals surface area contributed by atoms with E-state index in [0.29, 0.717) is 16.5 Å². The number of hydrogen-bond acceptors (Lipinski definition) is 4. The molecule has 0 saturated heterocycles. The van der Waals surface area contributed by atoms with Gasteiger partial charge in [0.25, 0.3) is 0 Å². The van der Waals surface area contributed by atoms with Crippen LogP contribution in [0.15, 0.2) is 36.4 Å². The van der Waals surface area contributed by atoms with Crippen LogP contribution >= 0.6 is 11.6 Å². The van der Waals surface area contributed by atoms with Gasteiger partial charge in [0.05, 0.1) is 25.4 Å². The van der Waals surface area contributed by atoms with Gasteiger partial charge in [-0.3, -0.25) is 14.5 Å². The molecule has 0 aliphatic heterocycles. The first-order valence-electron chi connectivity index (χ1n) is 8.93. The maximum atomic E-state index is 12.6. The summed E-state index contributed by atoms with van der Waals surface area (Å²) in [5.74, 6) is 0.0686.